The van der Waals surface area contributed by atoms with Gasteiger partial charge in [-0.15, -0.1) is 0 Å². The first-order valence-corrected chi connectivity index (χ1v) is 10.2. The molecule has 3 rings (SSSR count). The molecule has 25 heavy (non-hydrogen) atoms. The maximum atomic E-state index is 13.1. The molecule has 5 nitrogen and oxygen atoms in total. The van der Waals surface area contributed by atoms with E-state index in [9.17, 15) is 13.2 Å². The average molecular weight is 426 g/mol. The number of aryl methyl sites for hydroxylation is 1. The SMILES string of the molecule is Cc1ccc(S(=O)(=O)C2=C(Br)C3C=CC2N3C(=O)OC(C)(C)C)cc1. The van der Waals surface area contributed by atoms with E-state index in [1.54, 1.807) is 51.1 Å². The lowest BCUT2D eigenvalue weighted by molar-refractivity contribution is 0.0244. The smallest absolute Gasteiger partial charge is 0.411 e. The zero-order valence-corrected chi connectivity index (χ0v) is 16.9. The Labute approximate surface area is 156 Å². The van der Waals surface area contributed by atoms with E-state index in [0.717, 1.165) is 5.56 Å². The van der Waals surface area contributed by atoms with Gasteiger partial charge in [-0.1, -0.05) is 45.8 Å². The molecule has 1 aromatic carbocycles. The van der Waals surface area contributed by atoms with Crippen molar-refractivity contribution >= 4 is 31.9 Å². The topological polar surface area (TPSA) is 63.7 Å². The number of rotatable bonds is 2. The average Bonchev–Trinajstić information content (AvgIpc) is 3.01. The van der Waals surface area contributed by atoms with E-state index >= 15 is 0 Å². The van der Waals surface area contributed by atoms with Gasteiger partial charge >= 0.3 is 6.09 Å². The number of carbonyl (C=O) groups excluding carboxylic acids is 1. The van der Waals surface area contributed by atoms with Crippen molar-refractivity contribution in [1.29, 1.82) is 0 Å². The number of fused-ring (bicyclic) bond motifs is 2. The second kappa shape index (κ2) is 5.99. The highest BCUT2D eigenvalue weighted by Crippen LogP contribution is 2.45. The van der Waals surface area contributed by atoms with Crippen LogP contribution in [0.15, 0.2) is 50.7 Å². The largest absolute Gasteiger partial charge is 0.444 e. The number of ether oxygens (including phenoxy) is 1. The number of hydrogen-bond donors (Lipinski definition) is 0. The molecule has 2 aliphatic heterocycles. The predicted molar refractivity (Wildman–Crippen MR) is 99.1 cm³/mol. The van der Waals surface area contributed by atoms with Crippen LogP contribution >= 0.6 is 15.9 Å². The second-order valence-corrected chi connectivity index (χ2v) is 9.96. The number of sulfone groups is 1. The van der Waals surface area contributed by atoms with E-state index in [-0.39, 0.29) is 9.80 Å². The van der Waals surface area contributed by atoms with Crippen LogP contribution in [0.1, 0.15) is 26.3 Å². The van der Waals surface area contributed by atoms with Gasteiger partial charge in [0, 0.05) is 4.48 Å². The van der Waals surface area contributed by atoms with Crippen LogP contribution in [-0.2, 0) is 14.6 Å². The van der Waals surface area contributed by atoms with Gasteiger partial charge in [0.05, 0.1) is 21.9 Å². The highest BCUT2D eigenvalue weighted by atomic mass is 79.9. The summed E-state index contributed by atoms with van der Waals surface area (Å²) in [5.74, 6) is 0. The Hall–Kier alpha value is -1.60. The Bertz CT molecular complexity index is 879. The summed E-state index contributed by atoms with van der Waals surface area (Å²) in [7, 11) is -3.71. The van der Waals surface area contributed by atoms with Crippen LogP contribution in [-0.4, -0.2) is 37.1 Å². The zero-order chi connectivity index (χ0) is 18.6. The van der Waals surface area contributed by atoms with Crippen molar-refractivity contribution in [2.75, 3.05) is 0 Å². The summed E-state index contributed by atoms with van der Waals surface area (Å²) in [5.41, 5.74) is 0.330. The fourth-order valence-electron chi connectivity index (χ4n) is 2.95. The van der Waals surface area contributed by atoms with Crippen LogP contribution in [0.25, 0.3) is 0 Å². The summed E-state index contributed by atoms with van der Waals surface area (Å²) < 4.78 is 32.1. The van der Waals surface area contributed by atoms with Gasteiger partial charge in [0.15, 0.2) is 0 Å². The third-order valence-corrected chi connectivity index (χ3v) is 7.16. The van der Waals surface area contributed by atoms with Crippen molar-refractivity contribution in [2.45, 2.75) is 50.3 Å². The molecule has 1 amide bonds. The Morgan fingerprint density at radius 3 is 2.24 bits per heavy atom. The number of nitrogens with zero attached hydrogens (tertiary/aromatic N) is 1. The normalized spacial score (nSPS) is 22.7. The van der Waals surface area contributed by atoms with Crippen LogP contribution in [0.2, 0.25) is 0 Å². The van der Waals surface area contributed by atoms with Gasteiger partial charge in [0.2, 0.25) is 9.84 Å². The molecule has 0 radical (unpaired) electrons. The van der Waals surface area contributed by atoms with Crippen molar-refractivity contribution in [2.24, 2.45) is 0 Å². The molecule has 0 aliphatic carbocycles. The van der Waals surface area contributed by atoms with Crippen molar-refractivity contribution in [3.63, 3.8) is 0 Å². The molecule has 0 spiro atoms. The molecule has 2 unspecified atom stereocenters. The summed E-state index contributed by atoms with van der Waals surface area (Å²) in [6, 6.07) is 5.60. The molecule has 0 saturated carbocycles. The van der Waals surface area contributed by atoms with E-state index in [0.29, 0.717) is 4.48 Å². The van der Waals surface area contributed by atoms with Crippen molar-refractivity contribution in [3.8, 4) is 0 Å². The number of carbonyl (C=O) groups is 1. The lowest BCUT2D eigenvalue weighted by atomic mass is 10.2. The minimum atomic E-state index is -3.71. The maximum Gasteiger partial charge on any atom is 0.411 e. The van der Waals surface area contributed by atoms with Gasteiger partial charge in [-0.25, -0.2) is 13.2 Å². The molecule has 1 aromatic rings. The number of amides is 1. The Morgan fingerprint density at radius 1 is 1.12 bits per heavy atom. The molecule has 0 fully saturated rings. The van der Waals surface area contributed by atoms with Gasteiger partial charge < -0.3 is 4.74 Å². The van der Waals surface area contributed by atoms with Crippen molar-refractivity contribution in [3.05, 3.63) is 51.4 Å². The number of benzene rings is 1. The van der Waals surface area contributed by atoms with Crippen molar-refractivity contribution in [1.82, 2.24) is 4.90 Å². The maximum absolute atomic E-state index is 13.1. The highest BCUT2D eigenvalue weighted by Gasteiger charge is 2.50. The molecule has 2 atom stereocenters. The van der Waals surface area contributed by atoms with Gasteiger partial charge in [-0.3, -0.25) is 4.90 Å². The molecular formula is C18H20BrNO4S. The fraction of sp³-hybridized carbons (Fsp3) is 0.389. The minimum Gasteiger partial charge on any atom is -0.444 e. The number of halogens is 1. The first kappa shape index (κ1) is 18.2. The van der Waals surface area contributed by atoms with Crippen LogP contribution in [0, 0.1) is 6.92 Å². The van der Waals surface area contributed by atoms with Crippen LogP contribution in [0.4, 0.5) is 4.79 Å². The summed E-state index contributed by atoms with van der Waals surface area (Å²) in [6.07, 6.45) is 3.02. The predicted octanol–water partition coefficient (Wildman–Crippen LogP) is 3.93. The third kappa shape index (κ3) is 3.15. The van der Waals surface area contributed by atoms with E-state index in [1.165, 1.54) is 4.90 Å². The van der Waals surface area contributed by atoms with E-state index in [2.05, 4.69) is 15.9 Å². The van der Waals surface area contributed by atoms with Crippen LogP contribution in [0.3, 0.4) is 0 Å². The van der Waals surface area contributed by atoms with Crippen LogP contribution < -0.4 is 0 Å². The minimum absolute atomic E-state index is 0.203. The first-order valence-electron chi connectivity index (χ1n) is 7.93. The molecular weight excluding hydrogens is 406 g/mol. The monoisotopic (exact) mass is 425 g/mol. The molecule has 134 valence electrons. The molecule has 2 heterocycles. The fourth-order valence-corrected chi connectivity index (χ4v) is 5.83. The van der Waals surface area contributed by atoms with Crippen LogP contribution in [0.5, 0.6) is 0 Å². The van der Waals surface area contributed by atoms with E-state index in [1.807, 2.05) is 13.0 Å². The Kier molecular flexibility index (Phi) is 4.36. The summed E-state index contributed by atoms with van der Waals surface area (Å²) in [4.78, 5) is 14.4. The first-order chi connectivity index (χ1) is 11.5. The lowest BCUT2D eigenvalue weighted by Crippen LogP contribution is -2.42. The summed E-state index contributed by atoms with van der Waals surface area (Å²) >= 11 is 3.40. The summed E-state index contributed by atoms with van der Waals surface area (Å²) in [6.45, 7) is 7.24. The molecule has 2 bridgehead atoms. The van der Waals surface area contributed by atoms with Crippen molar-refractivity contribution < 1.29 is 17.9 Å². The van der Waals surface area contributed by atoms with Gasteiger partial charge in [-0.05, 0) is 39.8 Å². The summed E-state index contributed by atoms with van der Waals surface area (Å²) in [5, 5.41) is 0. The van der Waals surface area contributed by atoms with Gasteiger partial charge in [0.1, 0.15) is 5.60 Å². The quantitative estimate of drug-likeness (QED) is 0.673. The van der Waals surface area contributed by atoms with E-state index < -0.39 is 33.6 Å². The molecule has 0 aromatic heterocycles. The number of hydrogen-bond acceptors (Lipinski definition) is 4. The molecule has 0 N–H and O–H groups in total. The molecule has 0 saturated heterocycles. The zero-order valence-electron chi connectivity index (χ0n) is 14.5. The standard InChI is InChI=1S/C18H20BrNO4S/c1-11-5-7-12(8-6-11)25(22,23)16-14-10-9-13(15(16)19)20(14)17(21)24-18(2,3)4/h5-10,13-14H,1-4H3. The lowest BCUT2D eigenvalue weighted by Gasteiger charge is -2.28. The molecule has 2 aliphatic rings. The third-order valence-electron chi connectivity index (χ3n) is 4.06. The Morgan fingerprint density at radius 2 is 1.68 bits per heavy atom. The second-order valence-electron chi connectivity index (χ2n) is 7.19. The van der Waals surface area contributed by atoms with Gasteiger partial charge in [0.25, 0.3) is 0 Å². The van der Waals surface area contributed by atoms with E-state index in [4.69, 9.17) is 4.74 Å². The Balaban J connectivity index is 1.96. The molecule has 7 heteroatoms. The highest BCUT2D eigenvalue weighted by molar-refractivity contribution is 9.11. The van der Waals surface area contributed by atoms with Gasteiger partial charge in [-0.2, -0.15) is 0 Å².